The molecular weight excluding hydrogens is 591 g/mol. The van der Waals surface area contributed by atoms with Gasteiger partial charge in [-0.1, -0.05) is 93.8 Å². The first kappa shape index (κ1) is 32.7. The molecule has 0 spiro atoms. The molecule has 3 saturated heterocycles. The third-order valence-electron chi connectivity index (χ3n) is 10.9. The number of hydrogen-bond acceptors (Lipinski definition) is 3. The normalized spacial score (nSPS) is 25.5. The quantitative estimate of drug-likeness (QED) is 0.241. The minimum atomic E-state index is 0.423. The molecule has 1 unspecified atom stereocenters. The fourth-order valence-corrected chi connectivity index (χ4v) is 9.29. The van der Waals surface area contributed by atoms with Crippen LogP contribution in [0, 0.1) is 11.8 Å². The highest BCUT2D eigenvalue weighted by Gasteiger charge is 2.41. The molecule has 244 valence electrons. The molecule has 2 aromatic rings. The van der Waals surface area contributed by atoms with Gasteiger partial charge in [0.2, 0.25) is 0 Å². The monoisotopic (exact) mass is 645 g/mol. The van der Waals surface area contributed by atoms with Crippen LogP contribution in [0.2, 0.25) is 0 Å². The fraction of sp³-hybridized carbons (Fsp3) is 0.632. The molecule has 4 atom stereocenters. The highest BCUT2D eigenvalue weighted by molar-refractivity contribution is 7.80. The molecule has 1 saturated carbocycles. The van der Waals surface area contributed by atoms with Gasteiger partial charge in [-0.3, -0.25) is 4.90 Å². The molecule has 0 aromatic heterocycles. The van der Waals surface area contributed by atoms with E-state index in [1.165, 1.54) is 69.0 Å². The Hall–Kier alpha value is -2.22. The summed E-state index contributed by atoms with van der Waals surface area (Å²) in [7, 11) is 0. The summed E-state index contributed by atoms with van der Waals surface area (Å²) < 4.78 is 0. The van der Waals surface area contributed by atoms with Crippen LogP contribution in [0.4, 0.5) is 0 Å². The first-order chi connectivity index (χ1) is 21.9. The van der Waals surface area contributed by atoms with Crippen molar-refractivity contribution in [3.63, 3.8) is 0 Å². The van der Waals surface area contributed by atoms with E-state index in [-0.39, 0.29) is 0 Å². The Labute approximate surface area is 283 Å². The fourth-order valence-electron chi connectivity index (χ4n) is 8.53. The van der Waals surface area contributed by atoms with Crippen molar-refractivity contribution in [2.45, 2.75) is 102 Å². The van der Waals surface area contributed by atoms with Crippen LogP contribution >= 0.6 is 24.4 Å². The molecule has 0 amide bonds. The lowest BCUT2D eigenvalue weighted by Gasteiger charge is -2.38. The van der Waals surface area contributed by atoms with Gasteiger partial charge in [-0.15, -0.1) is 0 Å². The molecule has 0 bridgehead atoms. The minimum Gasteiger partial charge on any atom is -0.360 e. The maximum Gasteiger partial charge on any atom is 0.172 e. The van der Waals surface area contributed by atoms with Gasteiger partial charge in [0.1, 0.15) is 0 Å². The third-order valence-corrected chi connectivity index (χ3v) is 11.7. The van der Waals surface area contributed by atoms with Crippen LogP contribution in [0.15, 0.2) is 60.7 Å². The van der Waals surface area contributed by atoms with E-state index in [0.29, 0.717) is 30.1 Å². The summed E-state index contributed by atoms with van der Waals surface area (Å²) in [5, 5.41) is 5.57. The predicted molar refractivity (Wildman–Crippen MR) is 196 cm³/mol. The van der Waals surface area contributed by atoms with Crippen LogP contribution in [-0.2, 0) is 12.8 Å². The second-order valence-corrected chi connectivity index (χ2v) is 15.4. The van der Waals surface area contributed by atoms with Crippen LogP contribution in [0.5, 0.6) is 0 Å². The summed E-state index contributed by atoms with van der Waals surface area (Å²) in [6, 6.07) is 23.9. The maximum absolute atomic E-state index is 6.43. The van der Waals surface area contributed by atoms with Crippen LogP contribution < -0.4 is 5.32 Å². The highest BCUT2D eigenvalue weighted by Crippen LogP contribution is 2.32. The van der Waals surface area contributed by atoms with Gasteiger partial charge in [-0.25, -0.2) is 0 Å². The summed E-state index contributed by atoms with van der Waals surface area (Å²) in [6.45, 7) is 11.2. The maximum atomic E-state index is 6.43. The number of nitrogens with one attached hydrogen (secondary N) is 1. The zero-order valence-electron chi connectivity index (χ0n) is 27.7. The Balaban J connectivity index is 1.16. The van der Waals surface area contributed by atoms with Crippen molar-refractivity contribution >= 4 is 34.7 Å². The Morgan fingerprint density at radius 2 is 1.42 bits per heavy atom. The van der Waals surface area contributed by atoms with E-state index in [1.54, 1.807) is 0 Å². The van der Waals surface area contributed by atoms with E-state index in [2.05, 4.69) is 99.4 Å². The summed E-state index contributed by atoms with van der Waals surface area (Å²) in [5.74, 6) is 1.41. The molecule has 5 nitrogen and oxygen atoms in total. The lowest BCUT2D eigenvalue weighted by Crippen LogP contribution is -2.51. The Morgan fingerprint density at radius 3 is 2.09 bits per heavy atom. The number of benzene rings is 2. The summed E-state index contributed by atoms with van der Waals surface area (Å²) in [5.41, 5.74) is 2.82. The summed E-state index contributed by atoms with van der Waals surface area (Å²) >= 11 is 12.3. The van der Waals surface area contributed by atoms with Gasteiger partial charge in [0.25, 0.3) is 0 Å². The molecule has 3 aliphatic heterocycles. The number of nitrogens with zero attached hydrogens (tertiary/aromatic N) is 4. The largest absolute Gasteiger partial charge is 0.360 e. The van der Waals surface area contributed by atoms with Crippen molar-refractivity contribution in [3.05, 3.63) is 71.8 Å². The molecule has 7 heteroatoms. The van der Waals surface area contributed by atoms with Crippen molar-refractivity contribution in [1.82, 2.24) is 24.9 Å². The van der Waals surface area contributed by atoms with Crippen molar-refractivity contribution in [2.24, 2.45) is 11.8 Å². The molecule has 6 rings (SSSR count). The molecule has 2 aromatic carbocycles. The standard InChI is InChI=1S/C38H55N5S2/c1-29(2)21-35(26-40-20-12-19-33(40)27-41-34(24-39-37(41)44)22-30-13-6-3-7-14-30)43-28-36(23-31-15-8-4-9-16-31)42(38(43)45)25-32-17-10-5-11-18-32/h3-4,6-9,13-16,29,32-36H,5,10-12,17-28H2,1-2H3,(H,39,44)/t33?,34-,35-,36-/m0/s1. The van der Waals surface area contributed by atoms with Gasteiger partial charge >= 0.3 is 0 Å². The Bertz CT molecular complexity index is 1230. The van der Waals surface area contributed by atoms with Gasteiger partial charge in [0.05, 0.1) is 12.1 Å². The molecular formula is C38H55N5S2. The van der Waals surface area contributed by atoms with E-state index in [9.17, 15) is 0 Å². The van der Waals surface area contributed by atoms with Crippen LogP contribution in [0.3, 0.4) is 0 Å². The zero-order valence-corrected chi connectivity index (χ0v) is 29.3. The molecule has 4 fully saturated rings. The van der Waals surface area contributed by atoms with Crippen molar-refractivity contribution in [1.29, 1.82) is 0 Å². The molecule has 1 N–H and O–H groups in total. The number of rotatable bonds is 13. The molecule has 3 heterocycles. The predicted octanol–water partition coefficient (Wildman–Crippen LogP) is 6.76. The summed E-state index contributed by atoms with van der Waals surface area (Å²) in [6.07, 6.45) is 12.7. The number of thiocarbonyl (C=S) groups is 2. The van der Waals surface area contributed by atoms with Gasteiger partial charge in [-0.2, -0.15) is 0 Å². The average molecular weight is 646 g/mol. The Kier molecular flexibility index (Phi) is 11.3. The minimum absolute atomic E-state index is 0.423. The smallest absolute Gasteiger partial charge is 0.172 e. The van der Waals surface area contributed by atoms with Gasteiger partial charge in [0.15, 0.2) is 10.2 Å². The SMILES string of the molecule is CC(C)C[C@@H](CN1CCCC1CN1C(=S)NC[C@@H]1Cc1ccccc1)N1C[C@H](Cc2ccccc2)N(CC2CCCCC2)C1=S. The number of likely N-dealkylation sites (tertiary alicyclic amines) is 1. The van der Waals surface area contributed by atoms with Crippen molar-refractivity contribution in [3.8, 4) is 0 Å². The van der Waals surface area contributed by atoms with E-state index in [0.717, 1.165) is 61.7 Å². The van der Waals surface area contributed by atoms with E-state index < -0.39 is 0 Å². The molecule has 0 radical (unpaired) electrons. The lowest BCUT2D eigenvalue weighted by atomic mass is 9.88. The lowest BCUT2D eigenvalue weighted by molar-refractivity contribution is 0.149. The van der Waals surface area contributed by atoms with Gasteiger partial charge < -0.3 is 20.0 Å². The van der Waals surface area contributed by atoms with E-state index in [4.69, 9.17) is 24.4 Å². The topological polar surface area (TPSA) is 25.0 Å². The highest BCUT2D eigenvalue weighted by atomic mass is 32.1. The van der Waals surface area contributed by atoms with E-state index in [1.807, 2.05) is 0 Å². The van der Waals surface area contributed by atoms with Crippen LogP contribution in [-0.4, -0.2) is 93.3 Å². The van der Waals surface area contributed by atoms with Crippen molar-refractivity contribution in [2.75, 3.05) is 39.3 Å². The summed E-state index contributed by atoms with van der Waals surface area (Å²) in [4.78, 5) is 10.6. The average Bonchev–Trinajstić information content (AvgIpc) is 3.72. The Morgan fingerprint density at radius 1 is 0.756 bits per heavy atom. The zero-order chi connectivity index (χ0) is 31.2. The van der Waals surface area contributed by atoms with Crippen LogP contribution in [0.1, 0.15) is 76.3 Å². The van der Waals surface area contributed by atoms with Gasteiger partial charge in [0, 0.05) is 44.8 Å². The van der Waals surface area contributed by atoms with E-state index >= 15 is 0 Å². The van der Waals surface area contributed by atoms with Gasteiger partial charge in [-0.05, 0) is 98.9 Å². The first-order valence-corrected chi connectivity index (χ1v) is 18.7. The number of hydrogen-bond donors (Lipinski definition) is 1. The molecule has 1 aliphatic carbocycles. The third kappa shape index (κ3) is 8.39. The first-order valence-electron chi connectivity index (χ1n) is 17.9. The second kappa shape index (κ2) is 15.6. The molecule has 4 aliphatic rings. The second-order valence-electron chi connectivity index (χ2n) is 14.7. The van der Waals surface area contributed by atoms with Crippen molar-refractivity contribution < 1.29 is 0 Å². The molecule has 45 heavy (non-hydrogen) atoms. The van der Waals surface area contributed by atoms with Crippen LogP contribution in [0.25, 0.3) is 0 Å².